The summed E-state index contributed by atoms with van der Waals surface area (Å²) < 4.78 is 120. The van der Waals surface area contributed by atoms with Crippen molar-refractivity contribution in [2.75, 3.05) is 250 Å². The van der Waals surface area contributed by atoms with Gasteiger partial charge in [-0.1, -0.05) is 51.1 Å². The molecular weight excluding hydrogens is 1650 g/mol. The van der Waals surface area contributed by atoms with Crippen molar-refractivity contribution in [3.8, 4) is 11.1 Å². The largest absolute Gasteiger partial charge is 0.481 e. The number of ketones is 1. The zero-order chi connectivity index (χ0) is 90.4. The van der Waals surface area contributed by atoms with Gasteiger partial charge in [0.2, 0.25) is 41.4 Å². The zero-order valence-electron chi connectivity index (χ0n) is 72.3. The van der Waals surface area contributed by atoms with Crippen molar-refractivity contribution in [3.05, 3.63) is 95.8 Å². The number of carboxylic acids is 1. The van der Waals surface area contributed by atoms with Crippen LogP contribution in [0, 0.1) is 23.0 Å². The number of aliphatic carboxylic acids is 1. The Labute approximate surface area is 728 Å². The number of primary amides is 1. The second-order valence-corrected chi connectivity index (χ2v) is 30.1. The highest BCUT2D eigenvalue weighted by atomic mass is 32.2. The Morgan fingerprint density at radius 3 is 1.44 bits per heavy atom. The number of thioether (sulfide) groups is 1. The van der Waals surface area contributed by atoms with E-state index in [1.807, 2.05) is 55.7 Å². The average Bonchev–Trinajstić information content (AvgIpc) is 1.64. The molecule has 0 radical (unpaired) electrons. The molecule has 0 saturated carbocycles. The number of hydrogen-bond donors (Lipinski definition) is 7. The molecule has 0 saturated heterocycles. The normalized spacial score (nSPS) is 13.3. The van der Waals surface area contributed by atoms with Crippen LogP contribution in [0.2, 0.25) is 0 Å². The Hall–Kier alpha value is -8.40. The van der Waals surface area contributed by atoms with Crippen LogP contribution in [0.5, 0.6) is 0 Å². The maximum absolute atomic E-state index is 15.6. The number of aromatic nitrogens is 1. The van der Waals surface area contributed by atoms with Gasteiger partial charge >= 0.3 is 5.97 Å². The Kier molecular flexibility index (Phi) is 57.5. The van der Waals surface area contributed by atoms with Gasteiger partial charge in [0.05, 0.1) is 229 Å². The minimum Gasteiger partial charge on any atom is -0.481 e. The SMILES string of the molecule is COCCOCCOCCOCCOCCOCCOCCOCCOCCOCCOCCOCCC(=O)N[C@@H](C)C(=O)N[C@@H](C)C(=O)N[C@@H](CC(N)=O)C(=O)NCCCN(C(=O)CSC[C@H](CC(=O)CCOCCOCCOCCOCCNC(=O)CN1C(=O)C=CC1=O)C(=O)O)[C@@H](c1cc(-c2cc(F)ccc2F)cn1Cc1ccccc1)C(C)(C)C. The van der Waals surface area contributed by atoms with Gasteiger partial charge in [0.15, 0.2) is 0 Å². The predicted octanol–water partition coefficient (Wildman–Crippen LogP) is 2.38. The van der Waals surface area contributed by atoms with Crippen molar-refractivity contribution in [1.82, 2.24) is 41.0 Å². The number of carbonyl (C=O) groups is 11. The third kappa shape index (κ3) is 48.9. The van der Waals surface area contributed by atoms with Crippen molar-refractivity contribution < 1.29 is 142 Å². The Bertz CT molecular complexity index is 3610. The molecule has 0 fully saturated rings. The topological polar surface area (TPSA) is 453 Å². The monoisotopic (exact) mass is 1780 g/mol. The number of benzene rings is 2. The van der Waals surface area contributed by atoms with E-state index in [0.29, 0.717) is 143 Å². The molecule has 3 aromatic rings. The molecule has 0 bridgehead atoms. The summed E-state index contributed by atoms with van der Waals surface area (Å²) in [6, 6.07) is 9.30. The highest BCUT2D eigenvalue weighted by molar-refractivity contribution is 7.99. The molecule has 5 atom stereocenters. The number of Topliss-reactive ketones (excluding diaryl/α,β-unsaturated/α-hetero) is 1. The van der Waals surface area contributed by atoms with Crippen LogP contribution in [-0.4, -0.2) is 352 Å². The molecule has 1 aliphatic rings. The molecule has 0 unspecified atom stereocenters. The van der Waals surface area contributed by atoms with Gasteiger partial charge in [-0.15, -0.1) is 0 Å². The van der Waals surface area contributed by atoms with E-state index >= 15 is 9.18 Å². The third-order valence-electron chi connectivity index (χ3n) is 17.9. The quantitative estimate of drug-likeness (QED) is 0.0315. The van der Waals surface area contributed by atoms with Crippen LogP contribution in [0.1, 0.15) is 84.0 Å². The van der Waals surface area contributed by atoms with E-state index in [0.717, 1.165) is 52.6 Å². The average molecular weight is 1780 g/mol. The first-order valence-electron chi connectivity index (χ1n) is 41.5. The molecule has 1 aliphatic heterocycles. The highest BCUT2D eigenvalue weighted by Gasteiger charge is 2.38. The maximum atomic E-state index is 15.6. The number of halogens is 2. The number of nitrogens with two attached hydrogens (primary N) is 1. The Balaban J connectivity index is 1.16. The number of hydrogen-bond acceptors (Lipinski definition) is 28. The zero-order valence-corrected chi connectivity index (χ0v) is 73.1. The smallest absolute Gasteiger partial charge is 0.307 e. The molecule has 9 amide bonds. The molecule has 124 heavy (non-hydrogen) atoms. The van der Waals surface area contributed by atoms with E-state index < -0.39 is 113 Å². The number of rotatable bonds is 77. The van der Waals surface area contributed by atoms with Crippen LogP contribution in [0.4, 0.5) is 8.78 Å². The fourth-order valence-corrected chi connectivity index (χ4v) is 12.7. The van der Waals surface area contributed by atoms with E-state index in [1.54, 1.807) is 24.3 Å². The molecule has 0 spiro atoms. The van der Waals surface area contributed by atoms with E-state index in [1.165, 1.54) is 13.8 Å². The summed E-state index contributed by atoms with van der Waals surface area (Å²) in [7, 11) is 1.63. The van der Waals surface area contributed by atoms with Gasteiger partial charge in [0, 0.05) is 93.5 Å². The van der Waals surface area contributed by atoms with Gasteiger partial charge in [0.1, 0.15) is 42.1 Å². The van der Waals surface area contributed by atoms with Crippen LogP contribution >= 0.6 is 11.8 Å². The van der Waals surface area contributed by atoms with E-state index in [-0.39, 0.29) is 154 Å². The number of nitrogens with one attached hydrogen (secondary N) is 5. The van der Waals surface area contributed by atoms with E-state index in [9.17, 15) is 57.4 Å². The summed E-state index contributed by atoms with van der Waals surface area (Å²) in [4.78, 5) is 144. The van der Waals surface area contributed by atoms with E-state index in [4.69, 9.17) is 81.5 Å². The molecule has 40 heteroatoms. The van der Waals surface area contributed by atoms with Crippen LogP contribution in [-0.2, 0) is 135 Å². The van der Waals surface area contributed by atoms with Gasteiger partial charge < -0.3 is 123 Å². The number of carbonyl (C=O) groups excluding carboxylic acids is 10. The predicted molar refractivity (Wildman–Crippen MR) is 448 cm³/mol. The number of carboxylic acid groups (broad SMARTS) is 1. The lowest BCUT2D eigenvalue weighted by atomic mass is 9.83. The van der Waals surface area contributed by atoms with Gasteiger partial charge in [-0.25, -0.2) is 8.78 Å². The molecule has 4 rings (SSSR count). The van der Waals surface area contributed by atoms with E-state index in [2.05, 4.69) is 26.6 Å². The molecule has 0 aliphatic carbocycles. The molecule has 37 nitrogen and oxygen atoms in total. The number of nitrogens with zero attached hydrogens (tertiary/aromatic N) is 3. The van der Waals surface area contributed by atoms with Gasteiger partial charge in [-0.3, -0.25) is 57.6 Å². The van der Waals surface area contributed by atoms with Crippen LogP contribution < -0.4 is 32.3 Å². The van der Waals surface area contributed by atoms with Crippen LogP contribution in [0.15, 0.2) is 72.9 Å². The first kappa shape index (κ1) is 108. The molecule has 2 heterocycles. The summed E-state index contributed by atoms with van der Waals surface area (Å²) in [6.45, 7) is 18.9. The summed E-state index contributed by atoms with van der Waals surface area (Å²) in [5, 5.41) is 23.1. The van der Waals surface area contributed by atoms with Crippen molar-refractivity contribution in [3.63, 3.8) is 0 Å². The molecule has 2 aromatic carbocycles. The number of amides is 9. The third-order valence-corrected chi connectivity index (χ3v) is 19.0. The van der Waals surface area contributed by atoms with Crippen molar-refractivity contribution in [1.29, 1.82) is 0 Å². The minimum atomic E-state index is -1.53. The fourth-order valence-electron chi connectivity index (χ4n) is 11.7. The maximum Gasteiger partial charge on any atom is 0.307 e. The van der Waals surface area contributed by atoms with Gasteiger partial charge in [-0.05, 0) is 55.5 Å². The first-order chi connectivity index (χ1) is 59.8. The first-order valence-corrected chi connectivity index (χ1v) is 42.7. The highest BCUT2D eigenvalue weighted by Crippen LogP contribution is 2.42. The summed E-state index contributed by atoms with van der Waals surface area (Å²) in [5.74, 6) is -10.6. The summed E-state index contributed by atoms with van der Waals surface area (Å²) >= 11 is 0.997. The Morgan fingerprint density at radius 1 is 0.524 bits per heavy atom. The van der Waals surface area contributed by atoms with Crippen molar-refractivity contribution in [2.45, 2.75) is 97.4 Å². The van der Waals surface area contributed by atoms with Gasteiger partial charge in [0.25, 0.3) is 11.8 Å². The summed E-state index contributed by atoms with van der Waals surface area (Å²) in [5.41, 5.74) is 6.37. The summed E-state index contributed by atoms with van der Waals surface area (Å²) in [6.07, 6.45) is 2.71. The van der Waals surface area contributed by atoms with Crippen LogP contribution in [0.25, 0.3) is 11.1 Å². The molecule has 1 aromatic heterocycles. The minimum absolute atomic E-state index is 0.0105. The van der Waals surface area contributed by atoms with Crippen LogP contribution in [0.3, 0.4) is 0 Å². The Morgan fingerprint density at radius 2 is 0.976 bits per heavy atom. The molecule has 8 N–H and O–H groups in total. The number of methoxy groups -OCH3 is 1. The lowest BCUT2D eigenvalue weighted by Crippen LogP contribution is -2.56. The number of imide groups is 1. The second kappa shape index (κ2) is 66.1. The molecular formula is C84H129F2N9O28S. The standard InChI is InChI=1S/C84H129F2N9O28S/c1-62(90-74(98)18-23-110-28-31-114-36-38-117-41-42-119-45-46-121-49-50-123-52-51-122-48-47-120-44-43-118-40-39-116-34-33-112-26-25-108-6)80(103)91-63(2)81(104)92-71(56-73(87)97)82(105)89-19-10-21-94(79(84(3,4)5)72-54-65(69-55-67(85)13-14-70(69)86)58-93(72)57-64-11-8-7-9-12-64)78(102)61-124-60-66(83(106)107)53-68(96)17-22-109-27-30-113-35-37-115-32-29-111-24-20-88-75(99)59-95-76(100)15-16-77(95)101/h7-9,11-16,54-55,58,62-63,66,71,79H,10,17-53,56-57,59-61H2,1-6H3,(H2,87,97)(H,88,99)(H,89,105)(H,90,98)(H,91,103)(H,92,104)(H,106,107)/t62-,63-,66-,71-,79-/m0/s1. The van der Waals surface area contributed by atoms with Crippen molar-refractivity contribution >= 4 is 76.7 Å². The van der Waals surface area contributed by atoms with Gasteiger partial charge in [-0.2, -0.15) is 11.8 Å². The fraction of sp³-hybridized carbons (Fsp3) is 0.655. The molecule has 698 valence electrons. The second-order valence-electron chi connectivity index (χ2n) is 29.1. The van der Waals surface area contributed by atoms with Crippen molar-refractivity contribution in [2.24, 2.45) is 17.1 Å². The lowest BCUT2D eigenvalue weighted by molar-refractivity contribution is -0.143. The lowest BCUT2D eigenvalue weighted by Gasteiger charge is -2.41. The number of ether oxygens (including phenoxy) is 16.